The molecule has 1 aliphatic rings. The monoisotopic (exact) mass is 242 g/mol. The molecule has 1 atom stereocenters. The van der Waals surface area contributed by atoms with Crippen LogP contribution in [0.15, 0.2) is 0 Å². The summed E-state index contributed by atoms with van der Waals surface area (Å²) in [5, 5.41) is 14.6. The first-order chi connectivity index (χ1) is 7.79. The fourth-order valence-electron chi connectivity index (χ4n) is 1.43. The molecule has 0 saturated carbocycles. The summed E-state index contributed by atoms with van der Waals surface area (Å²) >= 11 is 1.26. The molecule has 0 bridgehead atoms. The van der Waals surface area contributed by atoms with Crippen molar-refractivity contribution in [3.05, 3.63) is 5.01 Å². The molecule has 1 unspecified atom stereocenters. The van der Waals surface area contributed by atoms with E-state index in [1.54, 1.807) is 0 Å². The van der Waals surface area contributed by atoms with Gasteiger partial charge in [0.1, 0.15) is 0 Å². The average molecular weight is 242 g/mol. The topological polar surface area (TPSA) is 76.1 Å². The molecule has 2 rings (SSSR count). The molecule has 16 heavy (non-hydrogen) atoms. The SMILES string of the molecule is CCNc1nnc(C(=O)NC2CCOC2)s1. The Morgan fingerprint density at radius 1 is 1.62 bits per heavy atom. The van der Waals surface area contributed by atoms with Crippen LogP contribution in [0.25, 0.3) is 0 Å². The second-order valence-corrected chi connectivity index (χ2v) is 4.45. The van der Waals surface area contributed by atoms with E-state index in [0.717, 1.165) is 13.0 Å². The fraction of sp³-hybridized carbons (Fsp3) is 0.667. The maximum Gasteiger partial charge on any atom is 0.282 e. The standard InChI is InChI=1S/C9H14N4O2S/c1-2-10-9-13-12-8(16-9)7(14)11-6-3-4-15-5-6/h6H,2-5H2,1H3,(H,10,13)(H,11,14). The fourth-order valence-corrected chi connectivity index (χ4v) is 2.15. The van der Waals surface area contributed by atoms with Gasteiger partial charge in [0.25, 0.3) is 5.91 Å². The Kier molecular flexibility index (Phi) is 3.68. The Morgan fingerprint density at radius 3 is 3.19 bits per heavy atom. The van der Waals surface area contributed by atoms with E-state index in [-0.39, 0.29) is 11.9 Å². The lowest BCUT2D eigenvalue weighted by Gasteiger charge is -2.07. The number of carbonyl (C=O) groups excluding carboxylic acids is 1. The highest BCUT2D eigenvalue weighted by Gasteiger charge is 2.20. The summed E-state index contributed by atoms with van der Waals surface area (Å²) in [5.74, 6) is -0.169. The minimum atomic E-state index is -0.169. The van der Waals surface area contributed by atoms with Gasteiger partial charge in [0.05, 0.1) is 12.6 Å². The Bertz CT molecular complexity index is 362. The van der Waals surface area contributed by atoms with E-state index in [2.05, 4.69) is 20.8 Å². The van der Waals surface area contributed by atoms with E-state index in [0.29, 0.717) is 23.4 Å². The van der Waals surface area contributed by atoms with Crippen molar-refractivity contribution in [2.75, 3.05) is 25.1 Å². The first-order valence-corrected chi connectivity index (χ1v) is 6.07. The van der Waals surface area contributed by atoms with Crippen LogP contribution in [0.4, 0.5) is 5.13 Å². The van der Waals surface area contributed by atoms with Gasteiger partial charge in [-0.2, -0.15) is 0 Å². The van der Waals surface area contributed by atoms with Crippen molar-refractivity contribution in [1.82, 2.24) is 15.5 Å². The first-order valence-electron chi connectivity index (χ1n) is 5.25. The molecule has 1 saturated heterocycles. The zero-order valence-electron chi connectivity index (χ0n) is 9.02. The third kappa shape index (κ3) is 2.67. The molecule has 2 N–H and O–H groups in total. The zero-order valence-corrected chi connectivity index (χ0v) is 9.84. The second kappa shape index (κ2) is 5.22. The summed E-state index contributed by atoms with van der Waals surface area (Å²) in [4.78, 5) is 11.7. The zero-order chi connectivity index (χ0) is 11.4. The number of hydrogen-bond donors (Lipinski definition) is 2. The molecule has 1 aromatic rings. The first kappa shape index (κ1) is 11.3. The van der Waals surface area contributed by atoms with Crippen molar-refractivity contribution >= 4 is 22.4 Å². The average Bonchev–Trinajstić information content (AvgIpc) is 2.89. The van der Waals surface area contributed by atoms with Crippen LogP contribution >= 0.6 is 11.3 Å². The predicted octanol–water partition coefficient (Wildman–Crippen LogP) is 0.489. The molecule has 88 valence electrons. The number of nitrogens with zero attached hydrogens (tertiary/aromatic N) is 2. The van der Waals surface area contributed by atoms with Crippen LogP contribution in [-0.4, -0.2) is 41.9 Å². The summed E-state index contributed by atoms with van der Waals surface area (Å²) in [6.45, 7) is 4.04. The van der Waals surface area contributed by atoms with Gasteiger partial charge in [-0.15, -0.1) is 10.2 Å². The molecule has 1 aromatic heterocycles. The maximum atomic E-state index is 11.7. The Balaban J connectivity index is 1.91. The molecule has 1 amide bonds. The van der Waals surface area contributed by atoms with E-state index in [1.165, 1.54) is 11.3 Å². The van der Waals surface area contributed by atoms with E-state index in [4.69, 9.17) is 4.74 Å². The van der Waals surface area contributed by atoms with Crippen LogP contribution in [0.3, 0.4) is 0 Å². The summed E-state index contributed by atoms with van der Waals surface area (Å²) in [7, 11) is 0. The molecular weight excluding hydrogens is 228 g/mol. The molecule has 6 nitrogen and oxygen atoms in total. The highest BCUT2D eigenvalue weighted by atomic mass is 32.1. The molecular formula is C9H14N4O2S. The molecule has 2 heterocycles. The predicted molar refractivity (Wildman–Crippen MR) is 60.8 cm³/mol. The number of carbonyl (C=O) groups is 1. The highest BCUT2D eigenvalue weighted by molar-refractivity contribution is 7.17. The van der Waals surface area contributed by atoms with Crippen molar-refractivity contribution in [3.8, 4) is 0 Å². The number of hydrogen-bond acceptors (Lipinski definition) is 6. The van der Waals surface area contributed by atoms with E-state index in [1.807, 2.05) is 6.92 Å². The van der Waals surface area contributed by atoms with Crippen LogP contribution in [0.5, 0.6) is 0 Å². The molecule has 7 heteroatoms. The van der Waals surface area contributed by atoms with Gasteiger partial charge in [0.2, 0.25) is 10.1 Å². The lowest BCUT2D eigenvalue weighted by atomic mass is 10.2. The molecule has 1 fully saturated rings. The van der Waals surface area contributed by atoms with Crippen molar-refractivity contribution in [2.45, 2.75) is 19.4 Å². The Morgan fingerprint density at radius 2 is 2.50 bits per heavy atom. The van der Waals surface area contributed by atoms with Crippen molar-refractivity contribution in [1.29, 1.82) is 0 Å². The third-order valence-electron chi connectivity index (χ3n) is 2.21. The molecule has 0 aliphatic carbocycles. The van der Waals surface area contributed by atoms with Gasteiger partial charge < -0.3 is 15.4 Å². The summed E-state index contributed by atoms with van der Waals surface area (Å²) < 4.78 is 5.18. The number of ether oxygens (including phenoxy) is 1. The van der Waals surface area contributed by atoms with Crippen LogP contribution in [0.2, 0.25) is 0 Å². The van der Waals surface area contributed by atoms with Gasteiger partial charge in [-0.1, -0.05) is 11.3 Å². The highest BCUT2D eigenvalue weighted by Crippen LogP contribution is 2.15. The van der Waals surface area contributed by atoms with Gasteiger partial charge >= 0.3 is 0 Å². The largest absolute Gasteiger partial charge is 0.379 e. The van der Waals surface area contributed by atoms with Gasteiger partial charge in [-0.05, 0) is 13.3 Å². The molecule has 0 aromatic carbocycles. The Hall–Kier alpha value is -1.21. The quantitative estimate of drug-likeness (QED) is 0.803. The minimum Gasteiger partial charge on any atom is -0.379 e. The van der Waals surface area contributed by atoms with Crippen LogP contribution in [0, 0.1) is 0 Å². The van der Waals surface area contributed by atoms with Gasteiger partial charge in [0.15, 0.2) is 0 Å². The summed E-state index contributed by atoms with van der Waals surface area (Å²) in [6, 6.07) is 0.110. The lowest BCUT2D eigenvalue weighted by molar-refractivity contribution is 0.0929. The van der Waals surface area contributed by atoms with Gasteiger partial charge in [0, 0.05) is 13.2 Å². The number of anilines is 1. The lowest BCUT2D eigenvalue weighted by Crippen LogP contribution is -2.34. The minimum absolute atomic E-state index is 0.110. The number of aromatic nitrogens is 2. The Labute approximate surface area is 97.4 Å². The van der Waals surface area contributed by atoms with Gasteiger partial charge in [-0.25, -0.2) is 0 Å². The normalized spacial score (nSPS) is 19.7. The van der Waals surface area contributed by atoms with E-state index >= 15 is 0 Å². The second-order valence-electron chi connectivity index (χ2n) is 3.48. The van der Waals surface area contributed by atoms with E-state index < -0.39 is 0 Å². The maximum absolute atomic E-state index is 11.7. The number of amides is 1. The molecule has 0 spiro atoms. The van der Waals surface area contributed by atoms with E-state index in [9.17, 15) is 4.79 Å². The number of rotatable bonds is 4. The van der Waals surface area contributed by atoms with Crippen molar-refractivity contribution < 1.29 is 9.53 Å². The number of nitrogens with one attached hydrogen (secondary N) is 2. The van der Waals surface area contributed by atoms with Crippen LogP contribution in [-0.2, 0) is 4.74 Å². The summed E-state index contributed by atoms with van der Waals surface area (Å²) in [6.07, 6.45) is 0.866. The molecule has 1 aliphatic heterocycles. The summed E-state index contributed by atoms with van der Waals surface area (Å²) in [5.41, 5.74) is 0. The van der Waals surface area contributed by atoms with Crippen LogP contribution in [0.1, 0.15) is 23.1 Å². The third-order valence-corrected chi connectivity index (χ3v) is 3.09. The smallest absolute Gasteiger partial charge is 0.282 e. The van der Waals surface area contributed by atoms with Crippen molar-refractivity contribution in [3.63, 3.8) is 0 Å². The molecule has 0 radical (unpaired) electrons. The van der Waals surface area contributed by atoms with Gasteiger partial charge in [-0.3, -0.25) is 4.79 Å². The van der Waals surface area contributed by atoms with Crippen LogP contribution < -0.4 is 10.6 Å². The van der Waals surface area contributed by atoms with Crippen molar-refractivity contribution in [2.24, 2.45) is 0 Å².